The molecule has 0 saturated heterocycles. The molecular formula is C47H56N4O. The molecule has 0 saturated carbocycles. The Hall–Kier alpha value is -4.64. The molecule has 1 aliphatic rings. The van der Waals surface area contributed by atoms with Gasteiger partial charge in [0.05, 0.1) is 22.4 Å². The van der Waals surface area contributed by atoms with Gasteiger partial charge < -0.3 is 4.74 Å². The molecule has 0 radical (unpaired) electrons. The van der Waals surface area contributed by atoms with E-state index in [1.54, 1.807) is 0 Å². The van der Waals surface area contributed by atoms with Gasteiger partial charge in [0.1, 0.15) is 17.3 Å². The van der Waals surface area contributed by atoms with E-state index in [1.165, 1.54) is 45.2 Å². The number of hydrogen-bond donors (Lipinski definition) is 0. The fourth-order valence-electron chi connectivity index (χ4n) is 8.64. The number of nitrogens with zero attached hydrogens (tertiary/aromatic N) is 4. The summed E-state index contributed by atoms with van der Waals surface area (Å²) in [5, 5.41) is 7.59. The molecule has 3 aromatic heterocycles. The van der Waals surface area contributed by atoms with E-state index in [1.807, 2.05) is 6.20 Å². The van der Waals surface area contributed by atoms with Crippen LogP contribution in [-0.2, 0) is 6.42 Å². The Morgan fingerprint density at radius 1 is 0.846 bits per heavy atom. The van der Waals surface area contributed by atoms with Crippen molar-refractivity contribution in [3.8, 4) is 23.0 Å². The summed E-state index contributed by atoms with van der Waals surface area (Å²) in [6.45, 7) is 25.3. The van der Waals surface area contributed by atoms with E-state index in [-0.39, 0.29) is 5.41 Å². The predicted octanol–water partition coefficient (Wildman–Crippen LogP) is 12.8. The number of para-hydroxylation sites is 1. The van der Waals surface area contributed by atoms with Gasteiger partial charge in [0.2, 0.25) is 0 Å². The first kappa shape index (κ1) is 35.7. The lowest BCUT2D eigenvalue weighted by molar-refractivity contribution is 0.224. The minimum atomic E-state index is 0.263. The highest BCUT2D eigenvalue weighted by molar-refractivity contribution is 6.09. The van der Waals surface area contributed by atoms with E-state index < -0.39 is 0 Å². The third-order valence-corrected chi connectivity index (χ3v) is 11.3. The molecule has 0 fully saturated rings. The third kappa shape index (κ3) is 6.71. The van der Waals surface area contributed by atoms with Crippen LogP contribution in [0.1, 0.15) is 109 Å². The lowest BCUT2D eigenvalue weighted by Crippen LogP contribution is -2.28. The van der Waals surface area contributed by atoms with Gasteiger partial charge in [0, 0.05) is 46.3 Å². The standard InChI is InChI=1S/C47H56N4O/c1-28(2)20-34-18-19-48-44(23-34)50-42-15-13-12-14-40(42)41-17-16-38(27-43(41)50)52-39-25-35(29(3)4)24-37(26-39)51-33(8)46(32(7)49-51)45-30(5)21-36(22-31(45)6)47(9,10)11/h12-19,21,23-29,31,36,45H,20,22H2,1-11H3/t31?,36-,45-/m0/s1. The predicted molar refractivity (Wildman–Crippen MR) is 218 cm³/mol. The summed E-state index contributed by atoms with van der Waals surface area (Å²) < 4.78 is 11.2. The normalized spacial score (nSPS) is 18.2. The first-order chi connectivity index (χ1) is 24.7. The lowest BCUT2D eigenvalue weighted by Gasteiger charge is -2.39. The van der Waals surface area contributed by atoms with Gasteiger partial charge in [-0.15, -0.1) is 0 Å². The second-order valence-electron chi connectivity index (χ2n) is 17.2. The number of hydrogen-bond acceptors (Lipinski definition) is 3. The molecule has 5 heteroatoms. The van der Waals surface area contributed by atoms with Crippen molar-refractivity contribution in [1.82, 2.24) is 19.3 Å². The van der Waals surface area contributed by atoms with Crippen LogP contribution in [0.3, 0.4) is 0 Å². The van der Waals surface area contributed by atoms with E-state index in [4.69, 9.17) is 14.8 Å². The van der Waals surface area contributed by atoms with Crippen LogP contribution in [0.4, 0.5) is 0 Å². The summed E-state index contributed by atoms with van der Waals surface area (Å²) in [6, 6.07) is 26.0. The molecular weight excluding hydrogens is 637 g/mol. The van der Waals surface area contributed by atoms with E-state index in [0.717, 1.165) is 46.2 Å². The molecule has 0 bridgehead atoms. The van der Waals surface area contributed by atoms with Crippen LogP contribution < -0.4 is 4.74 Å². The highest BCUT2D eigenvalue weighted by Gasteiger charge is 2.36. The molecule has 1 unspecified atom stereocenters. The van der Waals surface area contributed by atoms with Crippen LogP contribution in [0.5, 0.6) is 11.5 Å². The molecule has 52 heavy (non-hydrogen) atoms. The van der Waals surface area contributed by atoms with Crippen molar-refractivity contribution in [3.63, 3.8) is 0 Å². The number of rotatable bonds is 8. The first-order valence-electron chi connectivity index (χ1n) is 19.3. The maximum atomic E-state index is 6.79. The highest BCUT2D eigenvalue weighted by Crippen LogP contribution is 2.47. The van der Waals surface area contributed by atoms with Crippen LogP contribution >= 0.6 is 0 Å². The largest absolute Gasteiger partial charge is 0.457 e. The Bertz CT molecular complexity index is 2290. The van der Waals surface area contributed by atoms with Crippen molar-refractivity contribution in [1.29, 1.82) is 0 Å². The second-order valence-corrected chi connectivity index (χ2v) is 17.2. The van der Waals surface area contributed by atoms with Crippen molar-refractivity contribution in [2.24, 2.45) is 23.2 Å². The van der Waals surface area contributed by atoms with Crippen molar-refractivity contribution in [2.45, 2.75) is 101 Å². The topological polar surface area (TPSA) is 44.9 Å². The van der Waals surface area contributed by atoms with Crippen LogP contribution in [0, 0.1) is 37.0 Å². The average molecular weight is 693 g/mol. The van der Waals surface area contributed by atoms with E-state index in [0.29, 0.717) is 29.6 Å². The summed E-state index contributed by atoms with van der Waals surface area (Å²) in [4.78, 5) is 4.86. The minimum absolute atomic E-state index is 0.263. The zero-order chi connectivity index (χ0) is 37.1. The fourth-order valence-corrected chi connectivity index (χ4v) is 8.64. The lowest BCUT2D eigenvalue weighted by atomic mass is 9.65. The van der Waals surface area contributed by atoms with Gasteiger partial charge in [-0.25, -0.2) is 9.67 Å². The summed E-state index contributed by atoms with van der Waals surface area (Å²) in [5.74, 6) is 4.93. The number of fused-ring (bicyclic) bond motifs is 3. The van der Waals surface area contributed by atoms with Crippen LogP contribution in [-0.4, -0.2) is 19.3 Å². The number of pyridine rings is 1. The van der Waals surface area contributed by atoms with Gasteiger partial charge in [0.15, 0.2) is 0 Å². The number of aromatic nitrogens is 4. The Labute approximate surface area is 310 Å². The summed E-state index contributed by atoms with van der Waals surface area (Å²) in [6.07, 6.45) is 6.69. The average Bonchev–Trinajstić information content (AvgIpc) is 3.56. The van der Waals surface area contributed by atoms with Crippen LogP contribution in [0.25, 0.3) is 33.3 Å². The molecule has 0 N–H and O–H groups in total. The number of allylic oxidation sites excluding steroid dienone is 2. The molecule has 0 aliphatic heterocycles. The molecule has 0 amide bonds. The SMILES string of the molecule is CC1=C[C@H](C(C)(C)C)CC(C)[C@H]1c1c(C)nn(-c2cc(Oc3ccc4c5ccccc5n(-c5cc(CC(C)C)ccn5)c4c3)cc(C(C)C)c2)c1C. The summed E-state index contributed by atoms with van der Waals surface area (Å²) >= 11 is 0. The molecule has 3 atom stereocenters. The molecule has 3 heterocycles. The van der Waals surface area contributed by atoms with Gasteiger partial charge in [-0.2, -0.15) is 5.10 Å². The maximum Gasteiger partial charge on any atom is 0.137 e. The van der Waals surface area contributed by atoms with Gasteiger partial charge in [-0.1, -0.05) is 85.2 Å². The number of aryl methyl sites for hydroxylation is 1. The van der Waals surface area contributed by atoms with Crippen LogP contribution in [0.15, 0.2) is 90.6 Å². The zero-order valence-electron chi connectivity index (χ0n) is 33.1. The fraction of sp³-hybridized carbons (Fsp3) is 0.404. The van der Waals surface area contributed by atoms with E-state index >= 15 is 0 Å². The maximum absolute atomic E-state index is 6.79. The molecule has 270 valence electrons. The molecule has 1 aliphatic carbocycles. The highest BCUT2D eigenvalue weighted by atomic mass is 16.5. The second kappa shape index (κ2) is 13.7. The third-order valence-electron chi connectivity index (χ3n) is 11.3. The van der Waals surface area contributed by atoms with Crippen molar-refractivity contribution < 1.29 is 4.74 Å². The van der Waals surface area contributed by atoms with Gasteiger partial charge in [-0.3, -0.25) is 4.57 Å². The van der Waals surface area contributed by atoms with Gasteiger partial charge in [0.25, 0.3) is 0 Å². The Morgan fingerprint density at radius 2 is 1.60 bits per heavy atom. The molecule has 0 spiro atoms. The quantitative estimate of drug-likeness (QED) is 0.149. The van der Waals surface area contributed by atoms with Crippen molar-refractivity contribution in [3.05, 3.63) is 119 Å². The van der Waals surface area contributed by atoms with E-state index in [2.05, 4.69) is 164 Å². The Morgan fingerprint density at radius 3 is 2.31 bits per heavy atom. The first-order valence-corrected chi connectivity index (χ1v) is 19.3. The monoisotopic (exact) mass is 692 g/mol. The van der Waals surface area contributed by atoms with Crippen LogP contribution in [0.2, 0.25) is 0 Å². The molecule has 3 aromatic carbocycles. The van der Waals surface area contributed by atoms with Crippen molar-refractivity contribution in [2.75, 3.05) is 0 Å². The Balaban J connectivity index is 1.29. The zero-order valence-corrected chi connectivity index (χ0v) is 33.1. The summed E-state index contributed by atoms with van der Waals surface area (Å²) in [5.41, 5.74) is 11.2. The number of ether oxygens (including phenoxy) is 1. The van der Waals surface area contributed by atoms with E-state index in [9.17, 15) is 0 Å². The Kier molecular flexibility index (Phi) is 9.44. The van der Waals surface area contributed by atoms with Crippen molar-refractivity contribution >= 4 is 21.8 Å². The number of benzene rings is 3. The molecule has 5 nitrogen and oxygen atoms in total. The van der Waals surface area contributed by atoms with Gasteiger partial charge >= 0.3 is 0 Å². The summed E-state index contributed by atoms with van der Waals surface area (Å²) in [7, 11) is 0. The smallest absolute Gasteiger partial charge is 0.137 e. The molecule has 6 aromatic rings. The minimum Gasteiger partial charge on any atom is -0.457 e. The van der Waals surface area contributed by atoms with Gasteiger partial charge in [-0.05, 0) is 116 Å². The molecule has 7 rings (SSSR count).